The first-order chi connectivity index (χ1) is 8.45. The molecule has 6 heteroatoms. The fraction of sp³-hybridized carbons (Fsp3) is 0.833. The second kappa shape index (κ2) is 9.85. The van der Waals surface area contributed by atoms with Gasteiger partial charge in [-0.25, -0.2) is 0 Å². The molecule has 6 nitrogen and oxygen atoms in total. The predicted octanol–water partition coefficient (Wildman–Crippen LogP) is -0.384. The Kier molecular flexibility index (Phi) is 9.22. The Morgan fingerprint density at radius 3 is 2.50 bits per heavy atom. The maximum absolute atomic E-state index is 11.6. The third-order valence-corrected chi connectivity index (χ3v) is 2.43. The van der Waals surface area contributed by atoms with Gasteiger partial charge in [-0.05, 0) is 24.8 Å². The number of hydrogen-bond acceptors (Lipinski definition) is 4. The molecule has 0 spiro atoms. The number of rotatable bonds is 10. The van der Waals surface area contributed by atoms with Crippen molar-refractivity contribution in [2.24, 2.45) is 23.3 Å². The van der Waals surface area contributed by atoms with Crippen LogP contribution in [0.25, 0.3) is 0 Å². The zero-order valence-corrected chi connectivity index (χ0v) is 11.3. The lowest BCUT2D eigenvalue weighted by molar-refractivity contribution is -0.123. The lowest BCUT2D eigenvalue weighted by Crippen LogP contribution is -2.31. The van der Waals surface area contributed by atoms with E-state index in [9.17, 15) is 9.59 Å². The summed E-state index contributed by atoms with van der Waals surface area (Å²) in [5.74, 6) is 0.206. The molecule has 0 saturated carbocycles. The SMILES string of the molecule is CC(C)CC(CN)CC(=O)NCCOCC(N)=O. The van der Waals surface area contributed by atoms with Crippen LogP contribution in [0.3, 0.4) is 0 Å². The molecular formula is C12H25N3O3. The van der Waals surface area contributed by atoms with Crippen molar-refractivity contribution in [1.82, 2.24) is 5.32 Å². The highest BCUT2D eigenvalue weighted by molar-refractivity contribution is 5.76. The van der Waals surface area contributed by atoms with Gasteiger partial charge < -0.3 is 21.5 Å². The van der Waals surface area contributed by atoms with Crippen LogP contribution in [-0.2, 0) is 14.3 Å². The second-order valence-electron chi connectivity index (χ2n) is 4.80. The first-order valence-electron chi connectivity index (χ1n) is 6.28. The van der Waals surface area contributed by atoms with Crippen molar-refractivity contribution in [3.8, 4) is 0 Å². The molecule has 1 unspecified atom stereocenters. The van der Waals surface area contributed by atoms with Gasteiger partial charge in [0.15, 0.2) is 0 Å². The highest BCUT2D eigenvalue weighted by atomic mass is 16.5. The Morgan fingerprint density at radius 1 is 1.33 bits per heavy atom. The lowest BCUT2D eigenvalue weighted by atomic mass is 9.94. The standard InChI is InChI=1S/C12H25N3O3/c1-9(2)5-10(7-13)6-12(17)15-3-4-18-8-11(14)16/h9-10H,3-8,13H2,1-2H3,(H2,14,16)(H,15,17). The Labute approximate surface area is 108 Å². The molecule has 0 aliphatic rings. The van der Waals surface area contributed by atoms with Gasteiger partial charge in [0, 0.05) is 13.0 Å². The van der Waals surface area contributed by atoms with Crippen molar-refractivity contribution in [2.75, 3.05) is 26.3 Å². The van der Waals surface area contributed by atoms with Gasteiger partial charge >= 0.3 is 0 Å². The first-order valence-corrected chi connectivity index (χ1v) is 6.28. The van der Waals surface area contributed by atoms with E-state index < -0.39 is 5.91 Å². The summed E-state index contributed by atoms with van der Waals surface area (Å²) in [4.78, 5) is 22.0. The Bertz CT molecular complexity index is 257. The van der Waals surface area contributed by atoms with Gasteiger partial charge in [0.2, 0.25) is 11.8 Å². The summed E-state index contributed by atoms with van der Waals surface area (Å²) >= 11 is 0. The first kappa shape index (κ1) is 16.9. The van der Waals surface area contributed by atoms with E-state index in [1.165, 1.54) is 0 Å². The van der Waals surface area contributed by atoms with E-state index in [-0.39, 0.29) is 25.0 Å². The predicted molar refractivity (Wildman–Crippen MR) is 69.6 cm³/mol. The summed E-state index contributed by atoms with van der Waals surface area (Å²) in [6, 6.07) is 0. The minimum absolute atomic E-state index is 0.0335. The third kappa shape index (κ3) is 10.0. The summed E-state index contributed by atoms with van der Waals surface area (Å²) in [6.07, 6.45) is 1.38. The number of ether oxygens (including phenoxy) is 1. The van der Waals surface area contributed by atoms with Crippen molar-refractivity contribution in [1.29, 1.82) is 0 Å². The molecule has 0 aromatic rings. The van der Waals surface area contributed by atoms with Crippen LogP contribution in [0.1, 0.15) is 26.7 Å². The van der Waals surface area contributed by atoms with Crippen LogP contribution in [0.15, 0.2) is 0 Å². The molecule has 0 aromatic heterocycles. The van der Waals surface area contributed by atoms with Crippen molar-refractivity contribution in [3.05, 3.63) is 0 Å². The molecule has 106 valence electrons. The van der Waals surface area contributed by atoms with Crippen LogP contribution in [-0.4, -0.2) is 38.1 Å². The van der Waals surface area contributed by atoms with E-state index in [0.29, 0.717) is 25.4 Å². The molecule has 0 fully saturated rings. The van der Waals surface area contributed by atoms with Crippen molar-refractivity contribution < 1.29 is 14.3 Å². The van der Waals surface area contributed by atoms with Crippen molar-refractivity contribution in [2.45, 2.75) is 26.7 Å². The fourth-order valence-electron chi connectivity index (χ4n) is 1.70. The molecule has 0 bridgehead atoms. The van der Waals surface area contributed by atoms with Crippen molar-refractivity contribution >= 4 is 11.8 Å². The maximum Gasteiger partial charge on any atom is 0.243 e. The van der Waals surface area contributed by atoms with Gasteiger partial charge in [-0.1, -0.05) is 13.8 Å². The molecule has 0 radical (unpaired) electrons. The van der Waals surface area contributed by atoms with Gasteiger partial charge in [-0.15, -0.1) is 0 Å². The number of hydrogen-bond donors (Lipinski definition) is 3. The summed E-state index contributed by atoms with van der Waals surface area (Å²) in [5, 5.41) is 2.72. The van der Waals surface area contributed by atoms with Gasteiger partial charge in [0.05, 0.1) is 6.61 Å². The quantitative estimate of drug-likeness (QED) is 0.465. The molecule has 1 atom stereocenters. The largest absolute Gasteiger partial charge is 0.370 e. The topological polar surface area (TPSA) is 107 Å². The number of carbonyl (C=O) groups is 2. The van der Waals surface area contributed by atoms with E-state index >= 15 is 0 Å². The molecule has 5 N–H and O–H groups in total. The summed E-state index contributed by atoms with van der Waals surface area (Å²) < 4.78 is 4.93. The fourth-order valence-corrected chi connectivity index (χ4v) is 1.70. The molecule has 18 heavy (non-hydrogen) atoms. The summed E-state index contributed by atoms with van der Waals surface area (Å²) in [5.41, 5.74) is 10.5. The van der Waals surface area contributed by atoms with E-state index in [2.05, 4.69) is 19.2 Å². The monoisotopic (exact) mass is 259 g/mol. The minimum atomic E-state index is -0.513. The van der Waals surface area contributed by atoms with Gasteiger partial charge in [0.25, 0.3) is 0 Å². The lowest BCUT2D eigenvalue weighted by Gasteiger charge is -2.16. The third-order valence-electron chi connectivity index (χ3n) is 2.43. The molecule has 0 aliphatic heterocycles. The van der Waals surface area contributed by atoms with E-state index in [4.69, 9.17) is 16.2 Å². The smallest absolute Gasteiger partial charge is 0.243 e. The van der Waals surface area contributed by atoms with E-state index in [1.54, 1.807) is 0 Å². The molecular weight excluding hydrogens is 234 g/mol. The highest BCUT2D eigenvalue weighted by Gasteiger charge is 2.13. The Morgan fingerprint density at radius 2 is 2.00 bits per heavy atom. The van der Waals surface area contributed by atoms with Gasteiger partial charge in [-0.2, -0.15) is 0 Å². The minimum Gasteiger partial charge on any atom is -0.370 e. The molecule has 0 aliphatic carbocycles. The zero-order valence-electron chi connectivity index (χ0n) is 11.3. The van der Waals surface area contributed by atoms with Crippen LogP contribution >= 0.6 is 0 Å². The average Bonchev–Trinajstić information content (AvgIpc) is 2.26. The number of carbonyl (C=O) groups excluding carboxylic acids is 2. The number of nitrogens with two attached hydrogens (primary N) is 2. The van der Waals surface area contributed by atoms with Gasteiger partial charge in [-0.3, -0.25) is 9.59 Å². The van der Waals surface area contributed by atoms with Crippen LogP contribution in [0.5, 0.6) is 0 Å². The Balaban J connectivity index is 3.65. The van der Waals surface area contributed by atoms with E-state index in [1.807, 2.05) is 0 Å². The summed E-state index contributed by atoms with van der Waals surface area (Å²) in [6.45, 7) is 5.28. The number of primary amides is 1. The van der Waals surface area contributed by atoms with Crippen LogP contribution in [0, 0.1) is 11.8 Å². The highest BCUT2D eigenvalue weighted by Crippen LogP contribution is 2.13. The normalized spacial score (nSPS) is 12.4. The molecule has 2 amide bonds. The van der Waals surface area contributed by atoms with E-state index in [0.717, 1.165) is 6.42 Å². The molecule has 0 rings (SSSR count). The van der Waals surface area contributed by atoms with Crippen LogP contribution in [0.4, 0.5) is 0 Å². The molecule has 0 heterocycles. The summed E-state index contributed by atoms with van der Waals surface area (Å²) in [7, 11) is 0. The van der Waals surface area contributed by atoms with Crippen LogP contribution in [0.2, 0.25) is 0 Å². The maximum atomic E-state index is 11.6. The zero-order chi connectivity index (χ0) is 14.0. The molecule has 0 saturated heterocycles. The Hall–Kier alpha value is -1.14. The van der Waals surface area contributed by atoms with Crippen LogP contribution < -0.4 is 16.8 Å². The second-order valence-corrected chi connectivity index (χ2v) is 4.80. The number of nitrogens with one attached hydrogen (secondary N) is 1. The number of amides is 2. The van der Waals surface area contributed by atoms with Gasteiger partial charge in [0.1, 0.15) is 6.61 Å². The average molecular weight is 259 g/mol. The van der Waals surface area contributed by atoms with Crippen molar-refractivity contribution in [3.63, 3.8) is 0 Å². The molecule has 0 aromatic carbocycles.